The van der Waals surface area contributed by atoms with Crippen molar-refractivity contribution in [3.63, 3.8) is 0 Å². The second kappa shape index (κ2) is 5.21. The number of thiocarbonyl (C=S) groups is 1. The highest BCUT2D eigenvalue weighted by Crippen LogP contribution is 2.15. The molecule has 0 aliphatic rings. The van der Waals surface area contributed by atoms with Crippen LogP contribution in [0, 0.1) is 19.8 Å². The quantitative estimate of drug-likeness (QED) is 0.805. The molecule has 1 heterocycles. The first-order valence-electron chi connectivity index (χ1n) is 5.22. The van der Waals surface area contributed by atoms with Gasteiger partial charge in [0.1, 0.15) is 5.82 Å². The average Bonchev–Trinajstić information content (AvgIpc) is 2.21. The molecular weight excluding hydrogens is 220 g/mol. The molecule has 1 aromatic rings. The van der Waals surface area contributed by atoms with Crippen LogP contribution >= 0.6 is 12.2 Å². The van der Waals surface area contributed by atoms with Gasteiger partial charge in [0.05, 0.1) is 16.4 Å². The fourth-order valence-electron chi connectivity index (χ4n) is 1.47. The standard InChI is InChI=1S/C11H18N4S/c1-7(10(12)16)6-15(4)11-9(3)13-5-8(2)14-11/h5,7H,6H2,1-4H3,(H2,12,16). The molecule has 0 aliphatic heterocycles. The molecule has 2 N–H and O–H groups in total. The van der Waals surface area contributed by atoms with Crippen molar-refractivity contribution in [1.29, 1.82) is 0 Å². The summed E-state index contributed by atoms with van der Waals surface area (Å²) in [5.41, 5.74) is 7.43. The minimum atomic E-state index is 0.168. The van der Waals surface area contributed by atoms with Gasteiger partial charge in [-0.05, 0) is 13.8 Å². The first kappa shape index (κ1) is 12.8. The van der Waals surface area contributed by atoms with Crippen LogP contribution in [0.1, 0.15) is 18.3 Å². The van der Waals surface area contributed by atoms with E-state index in [1.54, 1.807) is 6.20 Å². The van der Waals surface area contributed by atoms with Gasteiger partial charge in [-0.15, -0.1) is 0 Å². The van der Waals surface area contributed by atoms with Crippen molar-refractivity contribution in [2.75, 3.05) is 18.5 Å². The molecule has 1 unspecified atom stereocenters. The monoisotopic (exact) mass is 238 g/mol. The van der Waals surface area contributed by atoms with E-state index in [1.807, 2.05) is 32.7 Å². The molecule has 5 heteroatoms. The van der Waals surface area contributed by atoms with Crippen LogP contribution < -0.4 is 10.6 Å². The summed E-state index contributed by atoms with van der Waals surface area (Å²) in [6.45, 7) is 6.65. The molecule has 16 heavy (non-hydrogen) atoms. The smallest absolute Gasteiger partial charge is 0.150 e. The predicted molar refractivity (Wildman–Crippen MR) is 70.7 cm³/mol. The molecule has 0 bridgehead atoms. The summed E-state index contributed by atoms with van der Waals surface area (Å²) in [6, 6.07) is 0. The summed E-state index contributed by atoms with van der Waals surface area (Å²) in [6.07, 6.45) is 1.77. The summed E-state index contributed by atoms with van der Waals surface area (Å²) in [5, 5.41) is 0. The Morgan fingerprint density at radius 1 is 1.56 bits per heavy atom. The predicted octanol–water partition coefficient (Wildman–Crippen LogP) is 1.45. The summed E-state index contributed by atoms with van der Waals surface area (Å²) < 4.78 is 0. The number of nitrogens with zero attached hydrogens (tertiary/aromatic N) is 3. The van der Waals surface area contributed by atoms with Crippen LogP contribution in [0.5, 0.6) is 0 Å². The Morgan fingerprint density at radius 2 is 2.19 bits per heavy atom. The molecule has 1 aromatic heterocycles. The van der Waals surface area contributed by atoms with Crippen LogP contribution in [-0.2, 0) is 0 Å². The first-order chi connectivity index (χ1) is 7.41. The first-order valence-corrected chi connectivity index (χ1v) is 5.63. The SMILES string of the molecule is Cc1cnc(C)c(N(C)CC(C)C(N)=S)n1. The highest BCUT2D eigenvalue weighted by molar-refractivity contribution is 7.80. The Bertz CT molecular complexity index is 392. The highest BCUT2D eigenvalue weighted by atomic mass is 32.1. The van der Waals surface area contributed by atoms with Crippen molar-refractivity contribution in [1.82, 2.24) is 9.97 Å². The Labute approximate surface area is 102 Å². The van der Waals surface area contributed by atoms with Crippen LogP contribution in [0.15, 0.2) is 6.20 Å². The molecule has 4 nitrogen and oxygen atoms in total. The van der Waals surface area contributed by atoms with Crippen molar-refractivity contribution >= 4 is 23.0 Å². The molecule has 0 saturated heterocycles. The summed E-state index contributed by atoms with van der Waals surface area (Å²) in [4.78, 5) is 11.3. The highest BCUT2D eigenvalue weighted by Gasteiger charge is 2.13. The van der Waals surface area contributed by atoms with Crippen molar-refractivity contribution < 1.29 is 0 Å². The van der Waals surface area contributed by atoms with E-state index in [0.717, 1.165) is 23.8 Å². The number of hydrogen-bond donors (Lipinski definition) is 1. The van der Waals surface area contributed by atoms with Crippen LogP contribution in [0.2, 0.25) is 0 Å². The van der Waals surface area contributed by atoms with Gasteiger partial charge in [-0.25, -0.2) is 4.98 Å². The van der Waals surface area contributed by atoms with E-state index in [0.29, 0.717) is 4.99 Å². The van der Waals surface area contributed by atoms with Crippen LogP contribution in [-0.4, -0.2) is 28.5 Å². The van der Waals surface area contributed by atoms with Crippen molar-refractivity contribution in [2.24, 2.45) is 11.7 Å². The third-order valence-corrected chi connectivity index (χ3v) is 2.85. The van der Waals surface area contributed by atoms with Gasteiger partial charge in [0, 0.05) is 25.7 Å². The van der Waals surface area contributed by atoms with Gasteiger partial charge in [-0.2, -0.15) is 0 Å². The minimum absolute atomic E-state index is 0.168. The Hall–Kier alpha value is -1.23. The second-order valence-corrected chi connectivity index (χ2v) is 4.58. The number of rotatable bonds is 4. The Balaban J connectivity index is 2.83. The molecule has 0 saturated carbocycles. The van der Waals surface area contributed by atoms with E-state index in [-0.39, 0.29) is 5.92 Å². The molecule has 0 amide bonds. The van der Waals surface area contributed by atoms with Gasteiger partial charge in [0.25, 0.3) is 0 Å². The molecule has 0 aliphatic carbocycles. The van der Waals surface area contributed by atoms with E-state index >= 15 is 0 Å². The molecule has 0 aromatic carbocycles. The van der Waals surface area contributed by atoms with Crippen molar-refractivity contribution in [3.8, 4) is 0 Å². The van der Waals surface area contributed by atoms with Gasteiger partial charge >= 0.3 is 0 Å². The largest absolute Gasteiger partial charge is 0.393 e. The number of nitrogens with two attached hydrogens (primary N) is 1. The fourth-order valence-corrected chi connectivity index (χ4v) is 1.55. The van der Waals surface area contributed by atoms with E-state index < -0.39 is 0 Å². The lowest BCUT2D eigenvalue weighted by atomic mass is 10.1. The lowest BCUT2D eigenvalue weighted by Crippen LogP contribution is -2.32. The van der Waals surface area contributed by atoms with Crippen LogP contribution in [0.25, 0.3) is 0 Å². The molecule has 88 valence electrons. The molecular formula is C11H18N4S. The van der Waals surface area contributed by atoms with Crippen LogP contribution in [0.3, 0.4) is 0 Å². The van der Waals surface area contributed by atoms with Gasteiger partial charge in [0.2, 0.25) is 0 Å². The van der Waals surface area contributed by atoms with E-state index in [1.165, 1.54) is 0 Å². The Kier molecular flexibility index (Phi) is 4.18. The Morgan fingerprint density at radius 3 is 2.75 bits per heavy atom. The number of anilines is 1. The van der Waals surface area contributed by atoms with Gasteiger partial charge in [-0.3, -0.25) is 4.98 Å². The lowest BCUT2D eigenvalue weighted by Gasteiger charge is -2.23. The lowest BCUT2D eigenvalue weighted by molar-refractivity contribution is 0.729. The second-order valence-electron chi connectivity index (χ2n) is 4.10. The van der Waals surface area contributed by atoms with Crippen molar-refractivity contribution in [2.45, 2.75) is 20.8 Å². The summed E-state index contributed by atoms with van der Waals surface area (Å²) >= 11 is 4.96. The van der Waals surface area contributed by atoms with Crippen molar-refractivity contribution in [3.05, 3.63) is 17.6 Å². The van der Waals surface area contributed by atoms with Gasteiger partial charge in [-0.1, -0.05) is 19.1 Å². The average molecular weight is 238 g/mol. The summed E-state index contributed by atoms with van der Waals surface area (Å²) in [7, 11) is 1.98. The zero-order chi connectivity index (χ0) is 12.3. The molecule has 0 spiro atoms. The number of aryl methyl sites for hydroxylation is 2. The maximum atomic E-state index is 5.60. The van der Waals surface area contributed by atoms with Crippen LogP contribution in [0.4, 0.5) is 5.82 Å². The third-order valence-electron chi connectivity index (χ3n) is 2.45. The van der Waals surface area contributed by atoms with Gasteiger partial charge < -0.3 is 10.6 Å². The molecule has 1 atom stereocenters. The zero-order valence-electron chi connectivity index (χ0n) is 10.2. The number of aromatic nitrogens is 2. The molecule has 1 rings (SSSR count). The normalized spacial score (nSPS) is 12.2. The number of hydrogen-bond acceptors (Lipinski definition) is 4. The zero-order valence-corrected chi connectivity index (χ0v) is 11.0. The minimum Gasteiger partial charge on any atom is -0.393 e. The molecule has 0 radical (unpaired) electrons. The molecule has 0 fully saturated rings. The van der Waals surface area contributed by atoms with E-state index in [4.69, 9.17) is 18.0 Å². The summed E-state index contributed by atoms with van der Waals surface area (Å²) in [5.74, 6) is 1.06. The maximum absolute atomic E-state index is 5.60. The fraction of sp³-hybridized carbons (Fsp3) is 0.545. The van der Waals surface area contributed by atoms with E-state index in [2.05, 4.69) is 9.97 Å². The maximum Gasteiger partial charge on any atom is 0.150 e. The van der Waals surface area contributed by atoms with Gasteiger partial charge in [0.15, 0.2) is 0 Å². The topological polar surface area (TPSA) is 55.0 Å². The van der Waals surface area contributed by atoms with E-state index in [9.17, 15) is 0 Å². The third kappa shape index (κ3) is 3.13.